The number of carboxylic acids is 1. The lowest BCUT2D eigenvalue weighted by Crippen LogP contribution is -2.42. The highest BCUT2D eigenvalue weighted by Crippen LogP contribution is 2.44. The molecule has 0 radical (unpaired) electrons. The molecule has 4 rings (SSSR count). The maximum absolute atomic E-state index is 12.7. The largest absolute Gasteiger partial charge is 0.493 e. The van der Waals surface area contributed by atoms with E-state index in [0.717, 1.165) is 16.9 Å². The fraction of sp³-hybridized carbons (Fsp3) is 0.381. The molecule has 1 saturated heterocycles. The standard InChI is InChI=1S/C21H22N2O4/c24-19(8-7-15-4-3-9-22-11-15)23-12-17-13-27-18-6-2-1-5-16(18)10-21(17,14-23)20(25)26/h1-6,9,11,17H,7-8,10,12-14H2,(H,25,26)/t17-,21+/m0/s1. The number of ether oxygens (including phenoxy) is 1. The van der Waals surface area contributed by atoms with E-state index in [9.17, 15) is 14.7 Å². The van der Waals surface area contributed by atoms with Gasteiger partial charge in [0, 0.05) is 37.8 Å². The third kappa shape index (κ3) is 3.27. The van der Waals surface area contributed by atoms with Gasteiger partial charge in [-0.05, 0) is 36.1 Å². The van der Waals surface area contributed by atoms with E-state index < -0.39 is 11.4 Å². The lowest BCUT2D eigenvalue weighted by atomic mass is 9.74. The van der Waals surface area contributed by atoms with Gasteiger partial charge in [-0.2, -0.15) is 0 Å². The monoisotopic (exact) mass is 366 g/mol. The zero-order chi connectivity index (χ0) is 18.9. The first-order chi connectivity index (χ1) is 13.1. The molecule has 2 aliphatic rings. The molecule has 6 nitrogen and oxygen atoms in total. The molecule has 140 valence electrons. The molecule has 1 N–H and O–H groups in total. The number of carbonyl (C=O) groups is 2. The summed E-state index contributed by atoms with van der Waals surface area (Å²) in [5.74, 6) is -0.331. The third-order valence-electron chi connectivity index (χ3n) is 5.74. The summed E-state index contributed by atoms with van der Waals surface area (Å²) < 4.78 is 5.89. The number of rotatable bonds is 4. The summed E-state index contributed by atoms with van der Waals surface area (Å²) in [5, 5.41) is 10.1. The van der Waals surface area contributed by atoms with E-state index >= 15 is 0 Å². The van der Waals surface area contributed by atoms with E-state index in [-0.39, 0.29) is 18.4 Å². The molecule has 6 heteroatoms. The Morgan fingerprint density at radius 2 is 2.11 bits per heavy atom. The van der Waals surface area contributed by atoms with Gasteiger partial charge in [-0.3, -0.25) is 14.6 Å². The maximum atomic E-state index is 12.7. The van der Waals surface area contributed by atoms with Crippen molar-refractivity contribution in [1.82, 2.24) is 9.88 Å². The first kappa shape index (κ1) is 17.5. The van der Waals surface area contributed by atoms with Gasteiger partial charge in [0.05, 0.1) is 12.0 Å². The summed E-state index contributed by atoms with van der Waals surface area (Å²) in [6, 6.07) is 11.4. The summed E-state index contributed by atoms with van der Waals surface area (Å²) in [7, 11) is 0. The first-order valence-corrected chi connectivity index (χ1v) is 9.19. The highest BCUT2D eigenvalue weighted by Gasteiger charge is 2.55. The molecule has 1 aromatic carbocycles. The van der Waals surface area contributed by atoms with Crippen LogP contribution in [0.1, 0.15) is 17.5 Å². The Kier molecular flexibility index (Phi) is 4.56. The van der Waals surface area contributed by atoms with Crippen LogP contribution >= 0.6 is 0 Å². The summed E-state index contributed by atoms with van der Waals surface area (Å²) in [4.78, 5) is 30.8. The molecule has 0 saturated carbocycles. The molecule has 2 aromatic rings. The first-order valence-electron chi connectivity index (χ1n) is 9.19. The summed E-state index contributed by atoms with van der Waals surface area (Å²) in [6.45, 7) is 0.971. The second kappa shape index (κ2) is 7.02. The van der Waals surface area contributed by atoms with Gasteiger partial charge >= 0.3 is 5.97 Å². The van der Waals surface area contributed by atoms with Crippen molar-refractivity contribution < 1.29 is 19.4 Å². The van der Waals surface area contributed by atoms with E-state index in [2.05, 4.69) is 4.98 Å². The number of hydrogen-bond donors (Lipinski definition) is 1. The Bertz CT molecular complexity index is 854. The molecular formula is C21H22N2O4. The van der Waals surface area contributed by atoms with Crippen molar-refractivity contribution in [2.75, 3.05) is 19.7 Å². The van der Waals surface area contributed by atoms with Crippen molar-refractivity contribution in [3.63, 3.8) is 0 Å². The number of aliphatic carboxylic acids is 1. The minimum atomic E-state index is -0.990. The Morgan fingerprint density at radius 1 is 1.26 bits per heavy atom. The van der Waals surface area contributed by atoms with Crippen LogP contribution in [0.4, 0.5) is 0 Å². The average Bonchev–Trinajstić information content (AvgIpc) is 2.98. The molecule has 0 spiro atoms. The lowest BCUT2D eigenvalue weighted by molar-refractivity contribution is -0.151. The van der Waals surface area contributed by atoms with Gasteiger partial charge in [-0.25, -0.2) is 0 Å². The highest BCUT2D eigenvalue weighted by molar-refractivity contribution is 5.81. The van der Waals surface area contributed by atoms with E-state index in [4.69, 9.17) is 4.74 Å². The number of benzene rings is 1. The molecule has 1 fully saturated rings. The summed E-state index contributed by atoms with van der Waals surface area (Å²) in [6.07, 6.45) is 4.80. The van der Waals surface area contributed by atoms with Crippen LogP contribution in [-0.4, -0.2) is 46.6 Å². The minimum absolute atomic E-state index is 0.0131. The van der Waals surface area contributed by atoms with Crippen LogP contribution < -0.4 is 4.74 Å². The third-order valence-corrected chi connectivity index (χ3v) is 5.74. The zero-order valence-electron chi connectivity index (χ0n) is 15.0. The number of likely N-dealkylation sites (tertiary alicyclic amines) is 1. The predicted molar refractivity (Wildman–Crippen MR) is 98.3 cm³/mol. The van der Waals surface area contributed by atoms with Crippen molar-refractivity contribution in [3.05, 3.63) is 59.9 Å². The number of carboxylic acid groups (broad SMARTS) is 1. The van der Waals surface area contributed by atoms with E-state index in [0.29, 0.717) is 32.4 Å². The molecule has 3 heterocycles. The van der Waals surface area contributed by atoms with Gasteiger partial charge in [0.1, 0.15) is 5.75 Å². The fourth-order valence-electron chi connectivity index (χ4n) is 4.17. The van der Waals surface area contributed by atoms with Crippen LogP contribution in [0.5, 0.6) is 5.75 Å². The van der Waals surface area contributed by atoms with Gasteiger partial charge in [-0.15, -0.1) is 0 Å². The normalized spacial score (nSPS) is 23.7. The number of nitrogens with zero attached hydrogens (tertiary/aromatic N) is 2. The molecule has 2 aliphatic heterocycles. The second-order valence-corrected chi connectivity index (χ2v) is 7.39. The van der Waals surface area contributed by atoms with Crippen LogP contribution in [0.2, 0.25) is 0 Å². The molecule has 0 bridgehead atoms. The van der Waals surface area contributed by atoms with Crippen LogP contribution in [0.25, 0.3) is 0 Å². The van der Waals surface area contributed by atoms with Crippen molar-refractivity contribution in [3.8, 4) is 5.75 Å². The molecular weight excluding hydrogens is 344 g/mol. The number of hydrogen-bond acceptors (Lipinski definition) is 4. The Morgan fingerprint density at radius 3 is 2.89 bits per heavy atom. The highest BCUT2D eigenvalue weighted by atomic mass is 16.5. The van der Waals surface area contributed by atoms with Crippen LogP contribution in [-0.2, 0) is 22.4 Å². The average molecular weight is 366 g/mol. The van der Waals surface area contributed by atoms with Gasteiger partial charge in [0.15, 0.2) is 0 Å². The Labute approximate surface area is 157 Å². The zero-order valence-corrected chi connectivity index (χ0v) is 15.0. The number of carbonyl (C=O) groups excluding carboxylic acids is 1. The molecule has 1 aromatic heterocycles. The van der Waals surface area contributed by atoms with E-state index in [1.54, 1.807) is 17.3 Å². The van der Waals surface area contributed by atoms with Crippen molar-refractivity contribution >= 4 is 11.9 Å². The quantitative estimate of drug-likeness (QED) is 0.897. The molecule has 0 aliphatic carbocycles. The molecule has 1 amide bonds. The smallest absolute Gasteiger partial charge is 0.312 e. The number of amides is 1. The molecule has 0 unspecified atom stereocenters. The summed E-state index contributed by atoms with van der Waals surface area (Å²) in [5.41, 5.74) is 0.910. The number of aromatic nitrogens is 1. The van der Waals surface area contributed by atoms with Gasteiger partial charge in [0.2, 0.25) is 5.91 Å². The van der Waals surface area contributed by atoms with Crippen molar-refractivity contribution in [1.29, 1.82) is 0 Å². The van der Waals surface area contributed by atoms with Gasteiger partial charge in [0.25, 0.3) is 0 Å². The van der Waals surface area contributed by atoms with Crippen LogP contribution in [0, 0.1) is 11.3 Å². The number of pyridine rings is 1. The predicted octanol–water partition coefficient (Wildman–Crippen LogP) is 2.18. The SMILES string of the molecule is O=C(CCc1cccnc1)N1C[C@H]2COc3ccccc3C[C@@]2(C(=O)O)C1. The van der Waals surface area contributed by atoms with E-state index in [1.807, 2.05) is 36.4 Å². The number of fused-ring (bicyclic) bond motifs is 2. The van der Waals surface area contributed by atoms with Crippen molar-refractivity contribution in [2.24, 2.45) is 11.3 Å². The Balaban J connectivity index is 1.51. The maximum Gasteiger partial charge on any atom is 0.312 e. The number of para-hydroxylation sites is 1. The topological polar surface area (TPSA) is 79.7 Å². The Hall–Kier alpha value is -2.89. The fourth-order valence-corrected chi connectivity index (χ4v) is 4.17. The van der Waals surface area contributed by atoms with Crippen molar-refractivity contribution in [2.45, 2.75) is 19.3 Å². The van der Waals surface area contributed by atoms with Gasteiger partial charge in [-0.1, -0.05) is 24.3 Å². The van der Waals surface area contributed by atoms with E-state index in [1.165, 1.54) is 0 Å². The molecule has 27 heavy (non-hydrogen) atoms. The second-order valence-electron chi connectivity index (χ2n) is 7.39. The lowest BCUT2D eigenvalue weighted by Gasteiger charge is -2.27. The minimum Gasteiger partial charge on any atom is -0.493 e. The van der Waals surface area contributed by atoms with Crippen LogP contribution in [0.15, 0.2) is 48.8 Å². The van der Waals surface area contributed by atoms with Gasteiger partial charge < -0.3 is 14.7 Å². The summed E-state index contributed by atoms with van der Waals surface area (Å²) >= 11 is 0. The van der Waals surface area contributed by atoms with Crippen LogP contribution in [0.3, 0.4) is 0 Å². The number of aryl methyl sites for hydroxylation is 1. The molecule has 2 atom stereocenters.